The SMILES string of the molecule is CCC(CNC(=O)c1cccc2c(=O)c(C)c(-c3ccccc3)oc12)N1CCCC1. The summed E-state index contributed by atoms with van der Waals surface area (Å²) in [6.45, 7) is 6.70. The molecule has 1 unspecified atom stereocenters. The molecule has 1 N–H and O–H groups in total. The number of hydrogen-bond donors (Lipinski definition) is 1. The van der Waals surface area contributed by atoms with Crippen molar-refractivity contribution in [2.75, 3.05) is 19.6 Å². The molecule has 1 aliphatic rings. The molecule has 1 amide bonds. The molecule has 30 heavy (non-hydrogen) atoms. The van der Waals surface area contributed by atoms with E-state index in [4.69, 9.17) is 4.42 Å². The Morgan fingerprint density at radius 3 is 2.53 bits per heavy atom. The van der Waals surface area contributed by atoms with Crippen LogP contribution in [0.2, 0.25) is 0 Å². The number of hydrogen-bond acceptors (Lipinski definition) is 4. The molecule has 2 aromatic carbocycles. The lowest BCUT2D eigenvalue weighted by atomic mass is 10.0. The highest BCUT2D eigenvalue weighted by atomic mass is 16.3. The molecule has 3 aromatic rings. The van der Waals surface area contributed by atoms with Crippen LogP contribution >= 0.6 is 0 Å². The average molecular weight is 405 g/mol. The first-order valence-electron chi connectivity index (χ1n) is 10.7. The maximum atomic E-state index is 13.0. The van der Waals surface area contributed by atoms with Crippen molar-refractivity contribution in [3.05, 3.63) is 69.9 Å². The van der Waals surface area contributed by atoms with Gasteiger partial charge in [0.25, 0.3) is 5.91 Å². The van der Waals surface area contributed by atoms with E-state index >= 15 is 0 Å². The number of benzene rings is 2. The molecule has 1 saturated heterocycles. The largest absolute Gasteiger partial charge is 0.455 e. The molecule has 156 valence electrons. The summed E-state index contributed by atoms with van der Waals surface area (Å²) in [6, 6.07) is 15.1. The molecule has 0 radical (unpaired) electrons. The van der Waals surface area contributed by atoms with Gasteiger partial charge < -0.3 is 9.73 Å². The van der Waals surface area contributed by atoms with Crippen LogP contribution in [0, 0.1) is 6.92 Å². The minimum atomic E-state index is -0.204. The molecule has 1 aliphatic heterocycles. The molecule has 0 aliphatic carbocycles. The van der Waals surface area contributed by atoms with Crippen LogP contribution in [0.1, 0.15) is 42.1 Å². The fourth-order valence-corrected chi connectivity index (χ4v) is 4.30. The molecule has 4 rings (SSSR count). The van der Waals surface area contributed by atoms with Gasteiger partial charge >= 0.3 is 0 Å². The van der Waals surface area contributed by atoms with Crippen molar-refractivity contribution in [3.8, 4) is 11.3 Å². The molecule has 1 aromatic heterocycles. The van der Waals surface area contributed by atoms with E-state index in [-0.39, 0.29) is 11.3 Å². The van der Waals surface area contributed by atoms with Crippen LogP contribution in [0.15, 0.2) is 57.7 Å². The number of fused-ring (bicyclic) bond motifs is 1. The molecular formula is C25H28N2O3. The Kier molecular flexibility index (Phi) is 6.00. The summed E-state index contributed by atoms with van der Waals surface area (Å²) in [7, 11) is 0. The van der Waals surface area contributed by atoms with E-state index in [1.54, 1.807) is 25.1 Å². The van der Waals surface area contributed by atoms with Gasteiger partial charge in [-0.1, -0.05) is 43.3 Å². The van der Waals surface area contributed by atoms with Gasteiger partial charge in [-0.05, 0) is 51.4 Å². The highest BCUT2D eigenvalue weighted by Crippen LogP contribution is 2.27. The number of amides is 1. The third-order valence-corrected chi connectivity index (χ3v) is 6.05. The molecule has 2 heterocycles. The predicted octanol–water partition coefficient (Wildman–Crippen LogP) is 4.37. The first kappa shape index (κ1) is 20.4. The van der Waals surface area contributed by atoms with Crippen molar-refractivity contribution in [1.29, 1.82) is 0 Å². The third kappa shape index (κ3) is 3.90. The second-order valence-electron chi connectivity index (χ2n) is 7.95. The summed E-state index contributed by atoms with van der Waals surface area (Å²) < 4.78 is 6.17. The van der Waals surface area contributed by atoms with Gasteiger partial charge in [0, 0.05) is 23.7 Å². The minimum Gasteiger partial charge on any atom is -0.455 e. The van der Waals surface area contributed by atoms with E-state index in [1.807, 2.05) is 30.3 Å². The maximum absolute atomic E-state index is 13.0. The monoisotopic (exact) mass is 404 g/mol. The van der Waals surface area contributed by atoms with Crippen LogP contribution in [0.5, 0.6) is 0 Å². The number of nitrogens with zero attached hydrogens (tertiary/aromatic N) is 1. The number of para-hydroxylation sites is 1. The molecule has 1 atom stereocenters. The van der Waals surface area contributed by atoms with Crippen molar-refractivity contribution in [1.82, 2.24) is 10.2 Å². The van der Waals surface area contributed by atoms with E-state index in [0.29, 0.717) is 40.4 Å². The standard InChI is InChI=1S/C25H28N2O3/c1-3-19(27-14-7-8-15-27)16-26-25(29)21-13-9-12-20-22(28)17(2)23(30-24(20)21)18-10-5-4-6-11-18/h4-6,9-13,19H,3,7-8,14-16H2,1-2H3,(H,26,29). The number of rotatable bonds is 6. The van der Waals surface area contributed by atoms with E-state index < -0.39 is 0 Å². The van der Waals surface area contributed by atoms with Crippen molar-refractivity contribution in [2.45, 2.75) is 39.2 Å². The van der Waals surface area contributed by atoms with Crippen LogP contribution in [0.4, 0.5) is 0 Å². The lowest BCUT2D eigenvalue weighted by Gasteiger charge is -2.26. The zero-order chi connectivity index (χ0) is 21.1. The van der Waals surface area contributed by atoms with Gasteiger partial charge in [-0.3, -0.25) is 14.5 Å². The highest BCUT2D eigenvalue weighted by Gasteiger charge is 2.22. The Morgan fingerprint density at radius 2 is 1.83 bits per heavy atom. The zero-order valence-electron chi connectivity index (χ0n) is 17.6. The van der Waals surface area contributed by atoms with Crippen LogP contribution in [0.3, 0.4) is 0 Å². The van der Waals surface area contributed by atoms with Gasteiger partial charge in [-0.15, -0.1) is 0 Å². The fourth-order valence-electron chi connectivity index (χ4n) is 4.30. The van der Waals surface area contributed by atoms with Crippen molar-refractivity contribution < 1.29 is 9.21 Å². The number of carbonyl (C=O) groups excluding carboxylic acids is 1. The smallest absolute Gasteiger partial charge is 0.255 e. The number of carbonyl (C=O) groups is 1. The Morgan fingerprint density at radius 1 is 1.10 bits per heavy atom. The third-order valence-electron chi connectivity index (χ3n) is 6.05. The summed E-state index contributed by atoms with van der Waals surface area (Å²) in [5.41, 5.74) is 2.01. The van der Waals surface area contributed by atoms with Crippen LogP contribution in [0.25, 0.3) is 22.3 Å². The van der Waals surface area contributed by atoms with Gasteiger partial charge in [-0.25, -0.2) is 0 Å². The summed E-state index contributed by atoms with van der Waals surface area (Å²) in [4.78, 5) is 28.5. The lowest BCUT2D eigenvalue weighted by Crippen LogP contribution is -2.42. The Bertz CT molecular complexity index is 1100. The van der Waals surface area contributed by atoms with Crippen LogP contribution < -0.4 is 10.7 Å². The topological polar surface area (TPSA) is 62.6 Å². The number of nitrogens with one attached hydrogen (secondary N) is 1. The van der Waals surface area contributed by atoms with E-state index in [9.17, 15) is 9.59 Å². The molecule has 5 heteroatoms. The summed E-state index contributed by atoms with van der Waals surface area (Å²) in [5, 5.41) is 3.51. The van der Waals surface area contributed by atoms with Gasteiger partial charge in [0.05, 0.1) is 10.9 Å². The second kappa shape index (κ2) is 8.84. The Balaban J connectivity index is 1.67. The Labute approximate surface area is 176 Å². The van der Waals surface area contributed by atoms with Crippen molar-refractivity contribution in [3.63, 3.8) is 0 Å². The molecular weight excluding hydrogens is 376 g/mol. The Hall–Kier alpha value is -2.92. The zero-order valence-corrected chi connectivity index (χ0v) is 17.6. The highest BCUT2D eigenvalue weighted by molar-refractivity contribution is 6.05. The van der Waals surface area contributed by atoms with Crippen molar-refractivity contribution >= 4 is 16.9 Å². The quantitative estimate of drug-likeness (QED) is 0.663. The van der Waals surface area contributed by atoms with Crippen LogP contribution in [-0.2, 0) is 0 Å². The first-order chi connectivity index (χ1) is 14.6. The van der Waals surface area contributed by atoms with Gasteiger partial charge in [0.2, 0.25) is 0 Å². The lowest BCUT2D eigenvalue weighted by molar-refractivity contribution is 0.0937. The minimum absolute atomic E-state index is 0.103. The first-order valence-corrected chi connectivity index (χ1v) is 10.7. The second-order valence-corrected chi connectivity index (χ2v) is 7.95. The van der Waals surface area contributed by atoms with Crippen LogP contribution in [-0.4, -0.2) is 36.5 Å². The van der Waals surface area contributed by atoms with E-state index in [0.717, 1.165) is 25.1 Å². The van der Waals surface area contributed by atoms with E-state index in [2.05, 4.69) is 17.1 Å². The molecule has 0 saturated carbocycles. The predicted molar refractivity (Wildman–Crippen MR) is 120 cm³/mol. The maximum Gasteiger partial charge on any atom is 0.255 e. The summed E-state index contributed by atoms with van der Waals surface area (Å²) in [6.07, 6.45) is 3.43. The number of likely N-dealkylation sites (tertiary alicyclic amines) is 1. The summed E-state index contributed by atoms with van der Waals surface area (Å²) in [5.74, 6) is 0.307. The molecule has 0 bridgehead atoms. The molecule has 0 spiro atoms. The van der Waals surface area contributed by atoms with Gasteiger partial charge in [0.15, 0.2) is 11.0 Å². The average Bonchev–Trinajstić information content (AvgIpc) is 3.31. The van der Waals surface area contributed by atoms with Gasteiger partial charge in [0.1, 0.15) is 5.76 Å². The normalized spacial score (nSPS) is 15.4. The summed E-state index contributed by atoms with van der Waals surface area (Å²) >= 11 is 0. The van der Waals surface area contributed by atoms with Crippen molar-refractivity contribution in [2.24, 2.45) is 0 Å². The van der Waals surface area contributed by atoms with Gasteiger partial charge in [-0.2, -0.15) is 0 Å². The molecule has 1 fully saturated rings. The molecule has 5 nitrogen and oxygen atoms in total. The van der Waals surface area contributed by atoms with E-state index in [1.165, 1.54) is 12.8 Å². The fraction of sp³-hybridized carbons (Fsp3) is 0.360.